The van der Waals surface area contributed by atoms with Crippen LogP contribution in [0.3, 0.4) is 0 Å². The fourth-order valence-electron chi connectivity index (χ4n) is 3.60. The van der Waals surface area contributed by atoms with E-state index in [4.69, 9.17) is 14.8 Å². The third-order valence-electron chi connectivity index (χ3n) is 5.34. The summed E-state index contributed by atoms with van der Waals surface area (Å²) >= 11 is 3.26. The van der Waals surface area contributed by atoms with Gasteiger partial charge in [0.05, 0.1) is 24.2 Å². The van der Waals surface area contributed by atoms with Crippen molar-refractivity contribution in [2.45, 2.75) is 26.4 Å². The molecule has 4 heterocycles. The second-order valence-electron chi connectivity index (χ2n) is 7.53. The van der Waals surface area contributed by atoms with Crippen LogP contribution in [0.15, 0.2) is 66.4 Å². The molecule has 168 valence electrons. The Morgan fingerprint density at radius 2 is 1.97 bits per heavy atom. The Morgan fingerprint density at radius 3 is 2.76 bits per heavy atom. The second-order valence-corrected chi connectivity index (χ2v) is 9.41. The van der Waals surface area contributed by atoms with Gasteiger partial charge in [0.25, 0.3) is 0 Å². The Morgan fingerprint density at radius 1 is 1.09 bits per heavy atom. The molecule has 0 saturated carbocycles. The van der Waals surface area contributed by atoms with Gasteiger partial charge in [0.2, 0.25) is 0 Å². The van der Waals surface area contributed by atoms with Gasteiger partial charge in [-0.3, -0.25) is 9.25 Å². The van der Waals surface area contributed by atoms with E-state index in [0.29, 0.717) is 6.54 Å². The van der Waals surface area contributed by atoms with Gasteiger partial charge in [-0.2, -0.15) is 5.10 Å². The normalized spacial score (nSPS) is 11.1. The first-order chi connectivity index (χ1) is 16.2. The van der Waals surface area contributed by atoms with Gasteiger partial charge < -0.3 is 10.1 Å². The quantitative estimate of drug-likeness (QED) is 0.307. The molecule has 0 aliphatic heterocycles. The largest absolute Gasteiger partial charge is 0.497 e. The SMILES string of the molecule is COc1ccc(CCn2ccc(-c3sc(NCc4cccn4-c4nccs4)nc3C)n2)cc1. The van der Waals surface area contributed by atoms with Gasteiger partial charge in [0.1, 0.15) is 11.4 Å². The van der Waals surface area contributed by atoms with Gasteiger partial charge >= 0.3 is 0 Å². The topological polar surface area (TPSA) is 69.8 Å². The second kappa shape index (κ2) is 9.60. The van der Waals surface area contributed by atoms with Crippen molar-refractivity contribution >= 4 is 27.8 Å². The lowest BCUT2D eigenvalue weighted by Crippen LogP contribution is -2.05. The molecule has 7 nitrogen and oxygen atoms in total. The van der Waals surface area contributed by atoms with E-state index in [1.54, 1.807) is 29.8 Å². The molecule has 4 aromatic heterocycles. The summed E-state index contributed by atoms with van der Waals surface area (Å²) in [4.78, 5) is 10.2. The summed E-state index contributed by atoms with van der Waals surface area (Å²) in [7, 11) is 1.68. The molecule has 5 aromatic rings. The van der Waals surface area contributed by atoms with Crippen LogP contribution >= 0.6 is 22.7 Å². The zero-order valence-corrected chi connectivity index (χ0v) is 20.1. The molecule has 9 heteroatoms. The average Bonchev–Trinajstić information content (AvgIpc) is 3.63. The average molecular weight is 477 g/mol. The molecule has 0 radical (unpaired) electrons. The third kappa shape index (κ3) is 4.84. The monoisotopic (exact) mass is 476 g/mol. The number of hydrogen-bond acceptors (Lipinski definition) is 7. The Balaban J connectivity index is 1.23. The summed E-state index contributed by atoms with van der Waals surface area (Å²) in [5.74, 6) is 0.876. The number of rotatable bonds is 9. The first kappa shape index (κ1) is 21.4. The number of aromatic nitrogens is 5. The standard InChI is InChI=1S/C24H24N6OS2/c1-17-22(21-10-14-29(28-21)13-9-18-5-7-20(31-2)8-6-18)33-23(27-17)26-16-19-4-3-12-30(19)24-25-11-15-32-24/h3-8,10-12,14-15H,9,13,16H2,1-2H3,(H,26,27). The van der Waals surface area contributed by atoms with Gasteiger partial charge in [-0.05, 0) is 49.2 Å². The van der Waals surface area contributed by atoms with E-state index in [9.17, 15) is 0 Å². The first-order valence-corrected chi connectivity index (χ1v) is 12.3. The maximum absolute atomic E-state index is 5.23. The van der Waals surface area contributed by atoms with Crippen molar-refractivity contribution in [3.05, 3.63) is 83.4 Å². The first-order valence-electron chi connectivity index (χ1n) is 10.6. The predicted octanol–water partition coefficient (Wildman–Crippen LogP) is 5.43. The number of hydrogen-bond donors (Lipinski definition) is 1. The molecule has 0 atom stereocenters. The summed E-state index contributed by atoms with van der Waals surface area (Å²) < 4.78 is 9.32. The van der Waals surface area contributed by atoms with Crippen molar-refractivity contribution in [2.75, 3.05) is 12.4 Å². The van der Waals surface area contributed by atoms with Crippen molar-refractivity contribution in [3.8, 4) is 21.5 Å². The minimum Gasteiger partial charge on any atom is -0.497 e. The lowest BCUT2D eigenvalue weighted by atomic mass is 10.1. The van der Waals surface area contributed by atoms with E-state index in [2.05, 4.69) is 39.1 Å². The van der Waals surface area contributed by atoms with Crippen LogP contribution in [0.25, 0.3) is 15.7 Å². The van der Waals surface area contributed by atoms with Crippen molar-refractivity contribution < 1.29 is 4.74 Å². The highest BCUT2D eigenvalue weighted by Gasteiger charge is 2.13. The molecule has 33 heavy (non-hydrogen) atoms. The molecule has 1 N–H and O–H groups in total. The van der Waals surface area contributed by atoms with Crippen LogP contribution in [0.4, 0.5) is 5.13 Å². The Hall–Kier alpha value is -3.43. The fraction of sp³-hybridized carbons (Fsp3) is 0.208. The summed E-state index contributed by atoms with van der Waals surface area (Å²) in [5.41, 5.74) is 4.34. The van der Waals surface area contributed by atoms with E-state index >= 15 is 0 Å². The van der Waals surface area contributed by atoms with E-state index in [1.165, 1.54) is 5.56 Å². The molecular weight excluding hydrogens is 452 g/mol. The number of nitrogens with zero attached hydrogens (tertiary/aromatic N) is 5. The predicted molar refractivity (Wildman–Crippen MR) is 134 cm³/mol. The summed E-state index contributed by atoms with van der Waals surface area (Å²) in [6.45, 7) is 3.53. The Labute approximate surface area is 200 Å². The van der Waals surface area contributed by atoms with Crippen molar-refractivity contribution in [1.29, 1.82) is 0 Å². The van der Waals surface area contributed by atoms with E-state index in [-0.39, 0.29) is 0 Å². The minimum absolute atomic E-state index is 0.676. The summed E-state index contributed by atoms with van der Waals surface area (Å²) in [6, 6.07) is 14.4. The van der Waals surface area contributed by atoms with Crippen molar-refractivity contribution in [3.63, 3.8) is 0 Å². The smallest absolute Gasteiger partial charge is 0.193 e. The van der Waals surface area contributed by atoms with Crippen LogP contribution in [0, 0.1) is 6.92 Å². The van der Waals surface area contributed by atoms with E-state index < -0.39 is 0 Å². The van der Waals surface area contributed by atoms with Gasteiger partial charge in [-0.15, -0.1) is 11.3 Å². The molecule has 0 spiro atoms. The zero-order chi connectivity index (χ0) is 22.6. The number of ether oxygens (including phenoxy) is 1. The van der Waals surface area contributed by atoms with Crippen LogP contribution in [-0.2, 0) is 19.5 Å². The summed E-state index contributed by atoms with van der Waals surface area (Å²) in [5, 5.41) is 12.1. The van der Waals surface area contributed by atoms with Crippen molar-refractivity contribution in [2.24, 2.45) is 0 Å². The van der Waals surface area contributed by atoms with Gasteiger partial charge in [-0.1, -0.05) is 23.5 Å². The Bertz CT molecular complexity index is 1320. The number of anilines is 1. The van der Waals surface area contributed by atoms with E-state index in [0.717, 1.165) is 50.9 Å². The van der Waals surface area contributed by atoms with Crippen LogP contribution < -0.4 is 10.1 Å². The molecule has 0 aliphatic carbocycles. The fourth-order valence-corrected chi connectivity index (χ4v) is 5.18. The third-order valence-corrected chi connectivity index (χ3v) is 7.25. The van der Waals surface area contributed by atoms with Crippen LogP contribution in [0.1, 0.15) is 17.0 Å². The van der Waals surface area contributed by atoms with Crippen molar-refractivity contribution in [1.82, 2.24) is 24.3 Å². The van der Waals surface area contributed by atoms with Gasteiger partial charge in [0, 0.05) is 36.2 Å². The molecule has 0 amide bonds. The lowest BCUT2D eigenvalue weighted by Gasteiger charge is -2.06. The van der Waals surface area contributed by atoms with Gasteiger partial charge in [0.15, 0.2) is 10.3 Å². The molecule has 0 unspecified atom stereocenters. The van der Waals surface area contributed by atoms with E-state index in [1.807, 2.05) is 53.8 Å². The lowest BCUT2D eigenvalue weighted by molar-refractivity contribution is 0.414. The maximum atomic E-state index is 5.23. The minimum atomic E-state index is 0.676. The molecule has 0 fully saturated rings. The highest BCUT2D eigenvalue weighted by atomic mass is 32.1. The Kier molecular flexibility index (Phi) is 6.23. The number of benzene rings is 1. The molecule has 0 bridgehead atoms. The molecule has 1 aromatic carbocycles. The molecule has 5 rings (SSSR count). The maximum Gasteiger partial charge on any atom is 0.193 e. The molecule has 0 saturated heterocycles. The zero-order valence-electron chi connectivity index (χ0n) is 18.4. The van der Waals surface area contributed by atoms with Gasteiger partial charge in [-0.25, -0.2) is 9.97 Å². The number of aryl methyl sites for hydroxylation is 3. The highest BCUT2D eigenvalue weighted by molar-refractivity contribution is 7.19. The summed E-state index contributed by atoms with van der Waals surface area (Å²) in [6.07, 6.45) is 6.81. The number of methoxy groups -OCH3 is 1. The van der Waals surface area contributed by atoms with Crippen LogP contribution in [-0.4, -0.2) is 31.4 Å². The highest BCUT2D eigenvalue weighted by Crippen LogP contribution is 2.32. The number of nitrogens with one attached hydrogen (secondary N) is 1. The molecule has 0 aliphatic rings. The number of thiazole rings is 2. The van der Waals surface area contributed by atoms with Crippen LogP contribution in [0.5, 0.6) is 5.75 Å². The van der Waals surface area contributed by atoms with Crippen LogP contribution in [0.2, 0.25) is 0 Å². The molecular formula is C24H24N6OS2.